The average Bonchev–Trinajstić information content (AvgIpc) is 3.39. The molecule has 28 heavy (non-hydrogen) atoms. The van der Waals surface area contributed by atoms with E-state index < -0.39 is 0 Å². The molecule has 0 saturated carbocycles. The summed E-state index contributed by atoms with van der Waals surface area (Å²) in [6, 6.07) is 18.9. The molecule has 0 saturated heterocycles. The van der Waals surface area contributed by atoms with Crippen molar-refractivity contribution >= 4 is 5.91 Å². The highest BCUT2D eigenvalue weighted by molar-refractivity contribution is 5.92. The zero-order valence-corrected chi connectivity index (χ0v) is 15.5. The highest BCUT2D eigenvalue weighted by atomic mass is 16.5. The summed E-state index contributed by atoms with van der Waals surface area (Å²) in [5.74, 6) is 1.01. The summed E-state index contributed by atoms with van der Waals surface area (Å²) in [6.45, 7) is 2.18. The number of rotatable bonds is 5. The molecular weight excluding hydrogens is 356 g/mol. The second-order valence-corrected chi connectivity index (χ2v) is 6.47. The molecular formula is C21H18N4O3. The smallest absolute Gasteiger partial charge is 0.276 e. The van der Waals surface area contributed by atoms with Crippen LogP contribution in [0.5, 0.6) is 0 Å². The lowest BCUT2D eigenvalue weighted by atomic mass is 10.1. The fourth-order valence-electron chi connectivity index (χ4n) is 2.72. The summed E-state index contributed by atoms with van der Waals surface area (Å²) < 4.78 is 11.0. The van der Waals surface area contributed by atoms with Crippen LogP contribution >= 0.6 is 0 Å². The van der Waals surface area contributed by atoms with Crippen molar-refractivity contribution in [3.8, 4) is 22.8 Å². The van der Waals surface area contributed by atoms with Gasteiger partial charge in [-0.15, -0.1) is 10.2 Å². The number of amides is 1. The maximum Gasteiger partial charge on any atom is 0.276 e. The van der Waals surface area contributed by atoms with Crippen molar-refractivity contribution < 1.29 is 13.7 Å². The standard InChI is InChI=1S/C21H18N4O3/c1-14-8-10-15(11-9-14)18-12-17(24-28-18)21(26)25(2)13-19-22-23-20(27-19)16-6-4-3-5-7-16/h3-12H,13H2,1-2H3. The van der Waals surface area contributed by atoms with E-state index in [0.717, 1.165) is 16.7 Å². The van der Waals surface area contributed by atoms with Crippen LogP contribution in [-0.4, -0.2) is 33.2 Å². The third-order valence-electron chi connectivity index (χ3n) is 4.27. The van der Waals surface area contributed by atoms with Gasteiger partial charge < -0.3 is 13.8 Å². The van der Waals surface area contributed by atoms with Gasteiger partial charge >= 0.3 is 0 Å². The van der Waals surface area contributed by atoms with Gasteiger partial charge in [-0.1, -0.05) is 53.2 Å². The molecule has 140 valence electrons. The van der Waals surface area contributed by atoms with Gasteiger partial charge in [-0.05, 0) is 19.1 Å². The van der Waals surface area contributed by atoms with E-state index in [1.54, 1.807) is 13.1 Å². The Bertz CT molecular complexity index is 1080. The molecule has 0 atom stereocenters. The first-order chi connectivity index (χ1) is 13.6. The Morgan fingerprint density at radius 3 is 2.50 bits per heavy atom. The highest BCUT2D eigenvalue weighted by Crippen LogP contribution is 2.22. The predicted octanol–water partition coefficient (Wildman–Crippen LogP) is 3.97. The molecule has 0 aliphatic carbocycles. The maximum atomic E-state index is 12.6. The largest absolute Gasteiger partial charge is 0.419 e. The molecule has 0 spiro atoms. The summed E-state index contributed by atoms with van der Waals surface area (Å²) in [6.07, 6.45) is 0. The van der Waals surface area contributed by atoms with Crippen molar-refractivity contribution in [2.24, 2.45) is 0 Å². The molecule has 0 unspecified atom stereocenters. The van der Waals surface area contributed by atoms with Gasteiger partial charge in [0.15, 0.2) is 11.5 Å². The molecule has 0 aliphatic rings. The molecule has 0 fully saturated rings. The van der Waals surface area contributed by atoms with E-state index in [0.29, 0.717) is 17.5 Å². The van der Waals surface area contributed by atoms with Crippen molar-refractivity contribution in [2.45, 2.75) is 13.5 Å². The topological polar surface area (TPSA) is 85.3 Å². The first-order valence-corrected chi connectivity index (χ1v) is 8.77. The summed E-state index contributed by atoms with van der Waals surface area (Å²) in [5, 5.41) is 11.9. The summed E-state index contributed by atoms with van der Waals surface area (Å²) in [4.78, 5) is 14.1. The van der Waals surface area contributed by atoms with Gasteiger partial charge in [0.1, 0.15) is 0 Å². The third kappa shape index (κ3) is 3.68. The van der Waals surface area contributed by atoms with Crippen molar-refractivity contribution in [3.05, 3.63) is 77.8 Å². The van der Waals surface area contributed by atoms with Crippen molar-refractivity contribution in [1.82, 2.24) is 20.3 Å². The second-order valence-electron chi connectivity index (χ2n) is 6.47. The second kappa shape index (κ2) is 7.48. The molecule has 0 aliphatic heterocycles. The van der Waals surface area contributed by atoms with E-state index in [-0.39, 0.29) is 18.1 Å². The summed E-state index contributed by atoms with van der Waals surface area (Å²) in [7, 11) is 1.65. The predicted molar refractivity (Wildman–Crippen MR) is 102 cm³/mol. The van der Waals surface area contributed by atoms with Gasteiger partial charge in [-0.25, -0.2) is 0 Å². The van der Waals surface area contributed by atoms with E-state index in [4.69, 9.17) is 8.94 Å². The normalized spacial score (nSPS) is 10.8. The number of carbonyl (C=O) groups excluding carboxylic acids is 1. The lowest BCUT2D eigenvalue weighted by Gasteiger charge is -2.12. The SMILES string of the molecule is Cc1ccc(-c2cc(C(=O)N(C)Cc3nnc(-c4ccccc4)o3)no2)cc1. The Hall–Kier alpha value is -3.74. The Kier molecular flexibility index (Phi) is 4.72. The van der Waals surface area contributed by atoms with Crippen LogP contribution in [0.15, 0.2) is 69.6 Å². The summed E-state index contributed by atoms with van der Waals surface area (Å²) in [5.41, 5.74) is 3.06. The Morgan fingerprint density at radius 1 is 1.00 bits per heavy atom. The molecule has 7 heteroatoms. The van der Waals surface area contributed by atoms with Gasteiger partial charge in [0.2, 0.25) is 11.8 Å². The molecule has 4 aromatic rings. The van der Waals surface area contributed by atoms with Crippen LogP contribution in [0, 0.1) is 6.92 Å². The summed E-state index contributed by atoms with van der Waals surface area (Å²) >= 11 is 0. The Labute approximate surface area is 161 Å². The molecule has 0 radical (unpaired) electrons. The van der Waals surface area contributed by atoms with Crippen molar-refractivity contribution in [3.63, 3.8) is 0 Å². The number of aryl methyl sites for hydroxylation is 1. The van der Waals surface area contributed by atoms with Gasteiger partial charge in [0.25, 0.3) is 5.91 Å². The molecule has 0 bridgehead atoms. The van der Waals surface area contributed by atoms with E-state index in [9.17, 15) is 4.79 Å². The van der Waals surface area contributed by atoms with Crippen molar-refractivity contribution in [2.75, 3.05) is 7.05 Å². The van der Waals surface area contributed by atoms with Crippen LogP contribution in [0.3, 0.4) is 0 Å². The quantitative estimate of drug-likeness (QED) is 0.525. The third-order valence-corrected chi connectivity index (χ3v) is 4.27. The fourth-order valence-corrected chi connectivity index (χ4v) is 2.72. The lowest BCUT2D eigenvalue weighted by molar-refractivity contribution is 0.0763. The van der Waals surface area contributed by atoms with Gasteiger partial charge in [-0.2, -0.15) is 0 Å². The minimum Gasteiger partial charge on any atom is -0.419 e. The molecule has 7 nitrogen and oxygen atoms in total. The minimum absolute atomic E-state index is 0.172. The van der Waals surface area contributed by atoms with Gasteiger partial charge in [-0.3, -0.25) is 4.79 Å². The number of hydrogen-bond donors (Lipinski definition) is 0. The first kappa shape index (κ1) is 17.7. The van der Waals surface area contributed by atoms with E-state index in [1.807, 2.05) is 61.5 Å². The van der Waals surface area contributed by atoms with Crippen LogP contribution in [0.4, 0.5) is 0 Å². The van der Waals surface area contributed by atoms with E-state index >= 15 is 0 Å². The molecule has 4 rings (SSSR count). The van der Waals surface area contributed by atoms with E-state index in [2.05, 4.69) is 15.4 Å². The Morgan fingerprint density at radius 2 is 1.75 bits per heavy atom. The average molecular weight is 374 g/mol. The monoisotopic (exact) mass is 374 g/mol. The fraction of sp³-hybridized carbons (Fsp3) is 0.143. The molecule has 1 amide bonds. The molecule has 2 aromatic heterocycles. The van der Waals surface area contributed by atoms with Crippen LogP contribution in [0.25, 0.3) is 22.8 Å². The first-order valence-electron chi connectivity index (χ1n) is 8.77. The number of hydrogen-bond acceptors (Lipinski definition) is 6. The molecule has 2 aromatic carbocycles. The Balaban J connectivity index is 1.45. The number of aromatic nitrogens is 3. The zero-order valence-electron chi connectivity index (χ0n) is 15.5. The van der Waals surface area contributed by atoms with Crippen molar-refractivity contribution in [1.29, 1.82) is 0 Å². The number of nitrogens with zero attached hydrogens (tertiary/aromatic N) is 4. The van der Waals surface area contributed by atoms with Crippen LogP contribution < -0.4 is 0 Å². The highest BCUT2D eigenvalue weighted by Gasteiger charge is 2.20. The van der Waals surface area contributed by atoms with Gasteiger partial charge in [0, 0.05) is 24.2 Å². The van der Waals surface area contributed by atoms with Crippen LogP contribution in [0.1, 0.15) is 21.9 Å². The minimum atomic E-state index is -0.290. The number of carbonyl (C=O) groups is 1. The number of benzene rings is 2. The zero-order chi connectivity index (χ0) is 19.5. The lowest BCUT2D eigenvalue weighted by Crippen LogP contribution is -2.26. The molecule has 0 N–H and O–H groups in total. The van der Waals surface area contributed by atoms with Gasteiger partial charge in [0.05, 0.1) is 6.54 Å². The van der Waals surface area contributed by atoms with Crippen LogP contribution in [0.2, 0.25) is 0 Å². The van der Waals surface area contributed by atoms with Crippen LogP contribution in [-0.2, 0) is 6.54 Å². The maximum absolute atomic E-state index is 12.6. The molecule has 2 heterocycles. The van der Waals surface area contributed by atoms with E-state index in [1.165, 1.54) is 4.90 Å².